The largest absolute Gasteiger partial charge is 0.367 e. The molecule has 0 radical (unpaired) electrons. The molecule has 4 heteroatoms. The van der Waals surface area contributed by atoms with Crippen LogP contribution in [-0.2, 0) is 9.53 Å². The van der Waals surface area contributed by atoms with Crippen molar-refractivity contribution < 1.29 is 9.53 Å². The first kappa shape index (κ1) is 17.9. The summed E-state index contributed by atoms with van der Waals surface area (Å²) in [5, 5.41) is 8.67. The van der Waals surface area contributed by atoms with Gasteiger partial charge in [0.1, 0.15) is 0 Å². The highest BCUT2D eigenvalue weighted by atomic mass is 16.5. The number of ether oxygens (including phenoxy) is 1. The van der Waals surface area contributed by atoms with E-state index in [0.29, 0.717) is 0 Å². The minimum absolute atomic E-state index is 0.311. The Balaban J connectivity index is 1.65. The molecular formula is C24H20N2O2. The van der Waals surface area contributed by atoms with Crippen LogP contribution in [0.1, 0.15) is 17.2 Å². The smallest absolute Gasteiger partial charge is 0.273 e. The Morgan fingerprint density at radius 3 is 2.07 bits per heavy atom. The summed E-state index contributed by atoms with van der Waals surface area (Å²) in [6.45, 7) is 0. The number of hydrogen-bond acceptors (Lipinski definition) is 3. The summed E-state index contributed by atoms with van der Waals surface area (Å²) < 4.78 is 5.36. The lowest BCUT2D eigenvalue weighted by atomic mass is 9.97. The Labute approximate surface area is 163 Å². The molecule has 1 unspecified atom stereocenters. The topological polar surface area (TPSA) is 50.7 Å². The second kappa shape index (κ2) is 8.03. The molecule has 0 spiro atoms. The van der Waals surface area contributed by atoms with Crippen molar-refractivity contribution in [2.24, 2.45) is 5.10 Å². The van der Waals surface area contributed by atoms with Crippen LogP contribution in [-0.4, -0.2) is 19.2 Å². The fourth-order valence-corrected chi connectivity index (χ4v) is 3.43. The molecule has 1 N–H and O–H groups in total. The monoisotopic (exact) mass is 368 g/mol. The van der Waals surface area contributed by atoms with E-state index in [-0.39, 0.29) is 5.91 Å². The summed E-state index contributed by atoms with van der Waals surface area (Å²) >= 11 is 0. The summed E-state index contributed by atoms with van der Waals surface area (Å²) in [6.07, 6.45) is 1.00. The van der Waals surface area contributed by atoms with Crippen LogP contribution >= 0.6 is 0 Å². The molecule has 4 aromatic rings. The third kappa shape index (κ3) is 3.50. The molecule has 0 aromatic heterocycles. The van der Waals surface area contributed by atoms with E-state index in [4.69, 9.17) is 4.74 Å². The van der Waals surface area contributed by atoms with E-state index >= 15 is 0 Å². The van der Waals surface area contributed by atoms with Crippen molar-refractivity contribution in [2.45, 2.75) is 6.10 Å². The predicted molar refractivity (Wildman–Crippen MR) is 113 cm³/mol. The van der Waals surface area contributed by atoms with E-state index in [1.165, 1.54) is 7.11 Å². The average molecular weight is 368 g/mol. The first-order chi connectivity index (χ1) is 13.8. The molecule has 4 aromatic carbocycles. The van der Waals surface area contributed by atoms with Gasteiger partial charge in [-0.05, 0) is 33.2 Å². The highest BCUT2D eigenvalue weighted by Gasteiger charge is 2.19. The van der Waals surface area contributed by atoms with Gasteiger partial charge in [-0.3, -0.25) is 4.79 Å². The SMILES string of the molecule is COC(C(=O)NN=Cc1c2ccccc2cc2ccccc12)c1ccccc1. The minimum Gasteiger partial charge on any atom is -0.367 e. The third-order valence-electron chi connectivity index (χ3n) is 4.76. The summed E-state index contributed by atoms with van der Waals surface area (Å²) in [6, 6.07) is 27.8. The Morgan fingerprint density at radius 1 is 0.893 bits per heavy atom. The lowest BCUT2D eigenvalue weighted by molar-refractivity contribution is -0.131. The van der Waals surface area contributed by atoms with Gasteiger partial charge in [0.2, 0.25) is 0 Å². The van der Waals surface area contributed by atoms with Crippen molar-refractivity contribution in [2.75, 3.05) is 7.11 Å². The van der Waals surface area contributed by atoms with Crippen molar-refractivity contribution in [1.29, 1.82) is 0 Å². The Hall–Kier alpha value is -3.50. The highest BCUT2D eigenvalue weighted by Crippen LogP contribution is 2.27. The van der Waals surface area contributed by atoms with Gasteiger partial charge in [-0.25, -0.2) is 5.43 Å². The van der Waals surface area contributed by atoms with Gasteiger partial charge in [-0.15, -0.1) is 0 Å². The molecule has 4 rings (SSSR count). The van der Waals surface area contributed by atoms with Crippen molar-refractivity contribution in [3.05, 3.63) is 96.1 Å². The number of carbonyl (C=O) groups is 1. The minimum atomic E-state index is -0.706. The fraction of sp³-hybridized carbons (Fsp3) is 0.0833. The fourth-order valence-electron chi connectivity index (χ4n) is 3.43. The zero-order valence-electron chi connectivity index (χ0n) is 15.5. The molecule has 0 saturated heterocycles. The van der Waals surface area contributed by atoms with Crippen LogP contribution in [0.5, 0.6) is 0 Å². The second-order valence-corrected chi connectivity index (χ2v) is 6.49. The number of rotatable bonds is 5. The molecule has 138 valence electrons. The molecule has 0 saturated carbocycles. The lowest BCUT2D eigenvalue weighted by Gasteiger charge is -2.13. The van der Waals surface area contributed by atoms with Crippen molar-refractivity contribution in [3.63, 3.8) is 0 Å². The van der Waals surface area contributed by atoms with Gasteiger partial charge < -0.3 is 4.74 Å². The van der Waals surface area contributed by atoms with E-state index in [1.54, 1.807) is 6.21 Å². The average Bonchev–Trinajstić information content (AvgIpc) is 2.74. The molecule has 1 amide bonds. The van der Waals surface area contributed by atoms with Crippen LogP contribution in [0.25, 0.3) is 21.5 Å². The van der Waals surface area contributed by atoms with Crippen molar-refractivity contribution in [1.82, 2.24) is 5.43 Å². The molecule has 0 aliphatic heterocycles. The molecular weight excluding hydrogens is 348 g/mol. The maximum absolute atomic E-state index is 12.5. The lowest BCUT2D eigenvalue weighted by Crippen LogP contribution is -2.26. The number of carbonyl (C=O) groups excluding carboxylic acids is 1. The van der Waals surface area contributed by atoms with E-state index in [9.17, 15) is 4.79 Å². The van der Waals surface area contributed by atoms with Crippen molar-refractivity contribution in [3.8, 4) is 0 Å². The number of nitrogens with one attached hydrogen (secondary N) is 1. The van der Waals surface area contributed by atoms with Crippen LogP contribution in [0.3, 0.4) is 0 Å². The quantitative estimate of drug-likeness (QED) is 0.312. The van der Waals surface area contributed by atoms with Gasteiger partial charge in [0.05, 0.1) is 6.21 Å². The molecule has 0 fully saturated rings. The first-order valence-corrected chi connectivity index (χ1v) is 9.09. The summed E-state index contributed by atoms with van der Waals surface area (Å²) in [5.41, 5.74) is 4.38. The number of hydrogen-bond donors (Lipinski definition) is 1. The van der Waals surface area contributed by atoms with Crippen LogP contribution in [0, 0.1) is 0 Å². The molecule has 1 atom stereocenters. The highest BCUT2D eigenvalue weighted by molar-refractivity contribution is 6.13. The molecule has 0 heterocycles. The van der Waals surface area contributed by atoms with Gasteiger partial charge >= 0.3 is 0 Å². The summed E-state index contributed by atoms with van der Waals surface area (Å²) in [7, 11) is 1.51. The van der Waals surface area contributed by atoms with Gasteiger partial charge in [0.15, 0.2) is 6.10 Å². The van der Waals surface area contributed by atoms with E-state index in [0.717, 1.165) is 32.7 Å². The first-order valence-electron chi connectivity index (χ1n) is 9.09. The molecule has 28 heavy (non-hydrogen) atoms. The number of nitrogens with zero attached hydrogens (tertiary/aromatic N) is 1. The number of benzene rings is 4. The Bertz CT molecular complexity index is 1100. The van der Waals surface area contributed by atoms with Crippen LogP contribution in [0.15, 0.2) is 90.0 Å². The van der Waals surface area contributed by atoms with Gasteiger partial charge in [-0.1, -0.05) is 78.9 Å². The van der Waals surface area contributed by atoms with Gasteiger partial charge in [0.25, 0.3) is 5.91 Å². The maximum Gasteiger partial charge on any atom is 0.273 e. The molecule has 0 aliphatic rings. The molecule has 0 aliphatic carbocycles. The predicted octanol–water partition coefficient (Wildman–Crippen LogP) is 4.83. The second-order valence-electron chi connectivity index (χ2n) is 6.49. The standard InChI is InChI=1S/C24H20N2O2/c1-28-23(17-9-3-2-4-10-17)24(27)26-25-16-22-20-13-7-5-11-18(20)15-19-12-6-8-14-21(19)22/h2-16,23H,1H3,(H,26,27). The van der Waals surface area contributed by atoms with Crippen LogP contribution < -0.4 is 5.43 Å². The van der Waals surface area contributed by atoms with Gasteiger partial charge in [0, 0.05) is 12.7 Å². The number of amides is 1. The third-order valence-corrected chi connectivity index (χ3v) is 4.76. The Morgan fingerprint density at radius 2 is 1.46 bits per heavy atom. The maximum atomic E-state index is 12.5. The van der Waals surface area contributed by atoms with E-state index < -0.39 is 6.10 Å². The number of methoxy groups -OCH3 is 1. The normalized spacial score (nSPS) is 12.5. The number of fused-ring (bicyclic) bond motifs is 2. The molecule has 4 nitrogen and oxygen atoms in total. The molecule has 0 bridgehead atoms. The zero-order chi connectivity index (χ0) is 19.3. The Kier molecular flexibility index (Phi) is 5.13. The van der Waals surface area contributed by atoms with Crippen LogP contribution in [0.2, 0.25) is 0 Å². The number of hydrazone groups is 1. The summed E-state index contributed by atoms with van der Waals surface area (Å²) in [5.74, 6) is -0.311. The van der Waals surface area contributed by atoms with Gasteiger partial charge in [-0.2, -0.15) is 5.10 Å². The van der Waals surface area contributed by atoms with E-state index in [2.05, 4.69) is 40.9 Å². The van der Waals surface area contributed by atoms with E-state index in [1.807, 2.05) is 54.6 Å². The van der Waals surface area contributed by atoms with Crippen LogP contribution in [0.4, 0.5) is 0 Å². The zero-order valence-corrected chi connectivity index (χ0v) is 15.5. The van der Waals surface area contributed by atoms with Crippen molar-refractivity contribution >= 4 is 33.7 Å². The summed E-state index contributed by atoms with van der Waals surface area (Å²) in [4.78, 5) is 12.5.